The number of halogens is 3. The van der Waals surface area contributed by atoms with Crippen molar-refractivity contribution in [2.24, 2.45) is 0 Å². The lowest BCUT2D eigenvalue weighted by atomic mass is 10.1. The van der Waals surface area contributed by atoms with Crippen LogP contribution in [0, 0.1) is 0 Å². The summed E-state index contributed by atoms with van der Waals surface area (Å²) < 4.78 is 45.5. The molecular weight excluding hydrogens is 427 g/mol. The molecule has 4 rings (SSSR count). The number of alkyl halides is 3. The molecule has 0 saturated carbocycles. The molecule has 1 aliphatic rings. The predicted octanol–water partition coefficient (Wildman–Crippen LogP) is 6.14. The van der Waals surface area contributed by atoms with Gasteiger partial charge in [-0.05, 0) is 30.3 Å². The summed E-state index contributed by atoms with van der Waals surface area (Å²) in [7, 11) is 0. The van der Waals surface area contributed by atoms with Gasteiger partial charge >= 0.3 is 12.1 Å². The van der Waals surface area contributed by atoms with Gasteiger partial charge < -0.3 is 4.74 Å². The Kier molecular flexibility index (Phi) is 5.49. The standard InChI is InChI=1S/C23H16F3NO3S/c1-14(28)30-21(15-7-3-2-4-8-15)22(29)27-17-9-5-6-10-19(17)31-20-12-11-16(13-18(20)27)23(24,25)26/h2-13,21H,1H3/t21-/m0/s1. The van der Waals surface area contributed by atoms with Crippen molar-refractivity contribution in [3.05, 3.63) is 83.9 Å². The Labute approximate surface area is 180 Å². The van der Waals surface area contributed by atoms with Gasteiger partial charge in [-0.3, -0.25) is 14.5 Å². The van der Waals surface area contributed by atoms with Gasteiger partial charge in [-0.15, -0.1) is 0 Å². The Morgan fingerprint density at radius 2 is 1.55 bits per heavy atom. The number of anilines is 2. The van der Waals surface area contributed by atoms with Gasteiger partial charge in [0, 0.05) is 22.3 Å². The molecule has 0 saturated heterocycles. The van der Waals surface area contributed by atoms with E-state index in [1.54, 1.807) is 54.6 Å². The number of esters is 1. The number of amides is 1. The van der Waals surface area contributed by atoms with Crippen LogP contribution >= 0.6 is 11.8 Å². The lowest BCUT2D eigenvalue weighted by molar-refractivity contribution is -0.153. The topological polar surface area (TPSA) is 46.6 Å². The van der Waals surface area contributed by atoms with Crippen LogP contribution in [0.3, 0.4) is 0 Å². The Morgan fingerprint density at radius 3 is 2.23 bits per heavy atom. The molecule has 3 aromatic carbocycles. The number of fused-ring (bicyclic) bond motifs is 2. The highest BCUT2D eigenvalue weighted by molar-refractivity contribution is 7.99. The first-order valence-corrected chi connectivity index (χ1v) is 10.1. The molecule has 0 aromatic heterocycles. The lowest BCUT2D eigenvalue weighted by Gasteiger charge is -2.33. The minimum absolute atomic E-state index is 0.0941. The van der Waals surface area contributed by atoms with Gasteiger partial charge in [0.1, 0.15) is 0 Å². The Morgan fingerprint density at radius 1 is 0.903 bits per heavy atom. The molecule has 0 spiro atoms. The molecule has 31 heavy (non-hydrogen) atoms. The third kappa shape index (κ3) is 4.16. The molecule has 1 atom stereocenters. The molecular formula is C23H16F3NO3S. The molecule has 158 valence electrons. The Bertz CT molecular complexity index is 1150. The Hall–Kier alpha value is -3.26. The molecule has 8 heteroatoms. The summed E-state index contributed by atoms with van der Waals surface area (Å²) >= 11 is 1.28. The van der Waals surface area contributed by atoms with Crippen LogP contribution in [0.25, 0.3) is 0 Å². The van der Waals surface area contributed by atoms with Crippen LogP contribution in [0.5, 0.6) is 0 Å². The van der Waals surface area contributed by atoms with Gasteiger partial charge in [-0.2, -0.15) is 13.2 Å². The number of para-hydroxylation sites is 1. The molecule has 1 heterocycles. The van der Waals surface area contributed by atoms with E-state index < -0.39 is 29.7 Å². The minimum atomic E-state index is -4.57. The summed E-state index contributed by atoms with van der Waals surface area (Å²) in [6, 6.07) is 18.6. The van der Waals surface area contributed by atoms with Gasteiger partial charge in [-0.25, -0.2) is 0 Å². The Balaban J connectivity index is 1.88. The van der Waals surface area contributed by atoms with Crippen LogP contribution in [0.4, 0.5) is 24.5 Å². The summed E-state index contributed by atoms with van der Waals surface area (Å²) in [6.07, 6.45) is -5.88. The highest BCUT2D eigenvalue weighted by atomic mass is 32.2. The third-order valence-electron chi connectivity index (χ3n) is 4.68. The molecule has 4 nitrogen and oxygen atoms in total. The van der Waals surface area contributed by atoms with E-state index in [-0.39, 0.29) is 5.69 Å². The van der Waals surface area contributed by atoms with E-state index in [1.807, 2.05) is 0 Å². The third-order valence-corrected chi connectivity index (χ3v) is 5.81. The number of ether oxygens (including phenoxy) is 1. The van der Waals surface area contributed by atoms with Crippen molar-refractivity contribution < 1.29 is 27.5 Å². The van der Waals surface area contributed by atoms with Gasteiger partial charge in [-0.1, -0.05) is 54.2 Å². The second kappa shape index (κ2) is 8.11. The smallest absolute Gasteiger partial charge is 0.416 e. The van der Waals surface area contributed by atoms with Crippen LogP contribution in [0.1, 0.15) is 24.2 Å². The van der Waals surface area contributed by atoms with E-state index in [1.165, 1.54) is 29.7 Å². The van der Waals surface area contributed by atoms with Crippen molar-refractivity contribution in [2.45, 2.75) is 29.0 Å². The van der Waals surface area contributed by atoms with Gasteiger partial charge in [0.25, 0.3) is 5.91 Å². The van der Waals surface area contributed by atoms with Gasteiger partial charge in [0.15, 0.2) is 0 Å². The van der Waals surface area contributed by atoms with E-state index in [2.05, 4.69) is 0 Å². The summed E-state index contributed by atoms with van der Waals surface area (Å²) in [5.74, 6) is -1.33. The quantitative estimate of drug-likeness (QED) is 0.456. The molecule has 0 aliphatic carbocycles. The second-order valence-corrected chi connectivity index (χ2v) is 7.91. The number of hydrogen-bond donors (Lipinski definition) is 0. The molecule has 1 aliphatic heterocycles. The number of carbonyl (C=O) groups excluding carboxylic acids is 2. The number of hydrogen-bond acceptors (Lipinski definition) is 4. The molecule has 1 amide bonds. The van der Waals surface area contributed by atoms with E-state index in [0.29, 0.717) is 21.0 Å². The van der Waals surface area contributed by atoms with Crippen molar-refractivity contribution in [2.75, 3.05) is 4.90 Å². The maximum Gasteiger partial charge on any atom is 0.416 e. The van der Waals surface area contributed by atoms with E-state index >= 15 is 0 Å². The summed E-state index contributed by atoms with van der Waals surface area (Å²) in [6.45, 7) is 1.18. The van der Waals surface area contributed by atoms with Crippen molar-refractivity contribution in [3.8, 4) is 0 Å². The fraction of sp³-hybridized carbons (Fsp3) is 0.130. The highest BCUT2D eigenvalue weighted by Crippen LogP contribution is 2.50. The summed E-state index contributed by atoms with van der Waals surface area (Å²) in [5, 5.41) is 0. The van der Waals surface area contributed by atoms with Crippen LogP contribution in [-0.2, 0) is 20.5 Å². The average Bonchev–Trinajstić information content (AvgIpc) is 2.74. The number of nitrogens with zero attached hydrogens (tertiary/aromatic N) is 1. The maximum atomic E-state index is 13.7. The molecule has 3 aromatic rings. The zero-order valence-corrected chi connectivity index (χ0v) is 17.0. The maximum absolute atomic E-state index is 13.7. The van der Waals surface area contributed by atoms with Crippen molar-refractivity contribution in [1.29, 1.82) is 0 Å². The van der Waals surface area contributed by atoms with E-state index in [4.69, 9.17) is 4.74 Å². The fourth-order valence-electron chi connectivity index (χ4n) is 3.34. The minimum Gasteiger partial charge on any atom is -0.447 e. The van der Waals surface area contributed by atoms with Crippen molar-refractivity contribution in [3.63, 3.8) is 0 Å². The monoisotopic (exact) mass is 443 g/mol. The first-order chi connectivity index (χ1) is 14.8. The highest BCUT2D eigenvalue weighted by Gasteiger charge is 2.38. The van der Waals surface area contributed by atoms with Crippen molar-refractivity contribution >= 4 is 35.0 Å². The molecule has 0 radical (unpaired) electrons. The number of benzene rings is 3. The van der Waals surface area contributed by atoms with Gasteiger partial charge in [0.05, 0.1) is 16.9 Å². The van der Waals surface area contributed by atoms with Crippen LogP contribution in [0.15, 0.2) is 82.6 Å². The first-order valence-electron chi connectivity index (χ1n) is 9.30. The number of carbonyl (C=O) groups is 2. The zero-order valence-electron chi connectivity index (χ0n) is 16.2. The SMILES string of the molecule is CC(=O)O[C@H](C(=O)N1c2ccccc2Sc2ccc(C(F)(F)F)cc21)c1ccccc1. The van der Waals surface area contributed by atoms with Crippen molar-refractivity contribution in [1.82, 2.24) is 0 Å². The molecule has 0 bridgehead atoms. The summed E-state index contributed by atoms with van der Waals surface area (Å²) in [4.78, 5) is 27.8. The predicted molar refractivity (Wildman–Crippen MR) is 110 cm³/mol. The lowest BCUT2D eigenvalue weighted by Crippen LogP contribution is -2.35. The average molecular weight is 443 g/mol. The first kappa shape index (κ1) is 21.0. The van der Waals surface area contributed by atoms with Crippen LogP contribution in [0.2, 0.25) is 0 Å². The zero-order chi connectivity index (χ0) is 22.2. The fourth-order valence-corrected chi connectivity index (χ4v) is 4.38. The largest absolute Gasteiger partial charge is 0.447 e. The summed E-state index contributed by atoms with van der Waals surface area (Å²) in [5.41, 5.74) is 0.0775. The number of rotatable bonds is 3. The molecule has 0 fully saturated rings. The van der Waals surface area contributed by atoms with E-state index in [9.17, 15) is 22.8 Å². The second-order valence-electron chi connectivity index (χ2n) is 6.82. The molecule has 0 unspecified atom stereocenters. The van der Waals surface area contributed by atoms with Crippen LogP contribution in [-0.4, -0.2) is 11.9 Å². The normalized spacial score (nSPS) is 13.7. The molecule has 0 N–H and O–H groups in total. The van der Waals surface area contributed by atoms with Crippen LogP contribution < -0.4 is 4.90 Å². The van der Waals surface area contributed by atoms with Gasteiger partial charge in [0.2, 0.25) is 6.10 Å². The van der Waals surface area contributed by atoms with E-state index in [0.717, 1.165) is 12.1 Å².